The molecule has 0 radical (unpaired) electrons. The second-order valence-electron chi connectivity index (χ2n) is 6.90. The lowest BCUT2D eigenvalue weighted by Crippen LogP contribution is -2.23. The third-order valence-electron chi connectivity index (χ3n) is 4.91. The van der Waals surface area contributed by atoms with Gasteiger partial charge in [0, 0.05) is 23.4 Å². The lowest BCUT2D eigenvalue weighted by molar-refractivity contribution is 0.0950. The van der Waals surface area contributed by atoms with Crippen molar-refractivity contribution in [3.05, 3.63) is 75.0 Å². The van der Waals surface area contributed by atoms with Crippen LogP contribution in [0, 0.1) is 13.8 Å². The number of ether oxygens (including phenoxy) is 2. The van der Waals surface area contributed by atoms with E-state index < -0.39 is 0 Å². The van der Waals surface area contributed by atoms with Gasteiger partial charge in [-0.3, -0.25) is 9.48 Å². The van der Waals surface area contributed by atoms with Crippen LogP contribution in [-0.2, 0) is 13.1 Å². The highest BCUT2D eigenvalue weighted by molar-refractivity contribution is 9.10. The van der Waals surface area contributed by atoms with E-state index in [1.165, 1.54) is 5.56 Å². The molecule has 2 aromatic carbocycles. The average molecular weight is 472 g/mol. The summed E-state index contributed by atoms with van der Waals surface area (Å²) in [5, 5.41) is 7.65. The molecule has 0 atom stereocenters. The van der Waals surface area contributed by atoms with Gasteiger partial charge in [-0.05, 0) is 54.4 Å². The molecule has 30 heavy (non-hydrogen) atoms. The maximum atomic E-state index is 12.8. The predicted octanol–water partition coefficient (Wildman–Crippen LogP) is 4.65. The van der Waals surface area contributed by atoms with E-state index in [2.05, 4.69) is 38.5 Å². The van der Waals surface area contributed by atoms with Crippen molar-refractivity contribution in [1.82, 2.24) is 15.1 Å². The monoisotopic (exact) mass is 471 g/mol. The van der Waals surface area contributed by atoms with Crippen molar-refractivity contribution >= 4 is 21.8 Å². The minimum Gasteiger partial charge on any atom is -0.493 e. The summed E-state index contributed by atoms with van der Waals surface area (Å²) < 4.78 is 13.6. The molecule has 0 aliphatic heterocycles. The summed E-state index contributed by atoms with van der Waals surface area (Å²) in [7, 11) is 1.56. The summed E-state index contributed by atoms with van der Waals surface area (Å²) in [6, 6.07) is 13.6. The number of carbonyl (C=O) groups excluding carboxylic acids is 1. The zero-order valence-corrected chi connectivity index (χ0v) is 19.2. The number of hydrogen-bond donors (Lipinski definition) is 1. The van der Waals surface area contributed by atoms with E-state index in [-0.39, 0.29) is 5.91 Å². The van der Waals surface area contributed by atoms with Gasteiger partial charge < -0.3 is 14.8 Å². The largest absolute Gasteiger partial charge is 0.493 e. The van der Waals surface area contributed by atoms with Gasteiger partial charge in [0.05, 0.1) is 30.4 Å². The summed E-state index contributed by atoms with van der Waals surface area (Å²) >= 11 is 3.46. The Hall–Kier alpha value is -2.80. The normalized spacial score (nSPS) is 10.7. The zero-order valence-electron chi connectivity index (χ0n) is 17.7. The Bertz CT molecular complexity index is 1030. The van der Waals surface area contributed by atoms with Crippen molar-refractivity contribution in [2.45, 2.75) is 33.9 Å². The Balaban J connectivity index is 1.74. The molecular weight excluding hydrogens is 446 g/mol. The summed E-state index contributed by atoms with van der Waals surface area (Å²) in [6.07, 6.45) is 0. The molecule has 0 fully saturated rings. The Kier molecular flexibility index (Phi) is 7.15. The topological polar surface area (TPSA) is 65.4 Å². The van der Waals surface area contributed by atoms with Gasteiger partial charge in [-0.1, -0.05) is 30.3 Å². The molecule has 7 heteroatoms. The van der Waals surface area contributed by atoms with Gasteiger partial charge in [0.1, 0.15) is 0 Å². The first kappa shape index (κ1) is 21.9. The second kappa shape index (κ2) is 9.80. The van der Waals surface area contributed by atoms with Crippen LogP contribution in [0.15, 0.2) is 46.9 Å². The van der Waals surface area contributed by atoms with E-state index in [1.807, 2.05) is 43.7 Å². The minimum absolute atomic E-state index is 0.188. The number of benzene rings is 2. The quantitative estimate of drug-likeness (QED) is 0.519. The van der Waals surface area contributed by atoms with Crippen LogP contribution in [0.3, 0.4) is 0 Å². The average Bonchev–Trinajstić information content (AvgIpc) is 3.00. The number of halogens is 1. The van der Waals surface area contributed by atoms with Gasteiger partial charge in [-0.2, -0.15) is 5.10 Å². The van der Waals surface area contributed by atoms with E-state index in [9.17, 15) is 4.79 Å². The van der Waals surface area contributed by atoms with Gasteiger partial charge in [-0.15, -0.1) is 0 Å². The molecular formula is C23H26BrN3O3. The molecule has 0 saturated heterocycles. The van der Waals surface area contributed by atoms with Crippen molar-refractivity contribution in [3.63, 3.8) is 0 Å². The number of rotatable bonds is 8. The van der Waals surface area contributed by atoms with Crippen LogP contribution in [0.25, 0.3) is 0 Å². The standard InChI is InChI=1S/C23H26BrN3O3/c1-5-30-22-20(24)11-18(12-21(22)29-4)23(28)25-13-19-15(2)26-27(16(19)3)14-17-9-7-6-8-10-17/h6-12H,5,13-14H2,1-4H3,(H,25,28). The third kappa shape index (κ3) is 4.84. The lowest BCUT2D eigenvalue weighted by atomic mass is 10.1. The van der Waals surface area contributed by atoms with Crippen LogP contribution in [0.4, 0.5) is 0 Å². The molecule has 6 nitrogen and oxygen atoms in total. The SMILES string of the molecule is CCOc1c(Br)cc(C(=O)NCc2c(C)nn(Cc3ccccc3)c2C)cc1OC. The number of aromatic nitrogens is 2. The smallest absolute Gasteiger partial charge is 0.251 e. The molecule has 3 rings (SSSR count). The molecule has 1 heterocycles. The number of amides is 1. The van der Waals surface area contributed by atoms with Crippen molar-refractivity contribution in [3.8, 4) is 11.5 Å². The fourth-order valence-corrected chi connectivity index (χ4v) is 3.86. The molecule has 0 bridgehead atoms. The second-order valence-corrected chi connectivity index (χ2v) is 7.75. The first-order valence-electron chi connectivity index (χ1n) is 9.79. The third-order valence-corrected chi connectivity index (χ3v) is 5.50. The highest BCUT2D eigenvalue weighted by atomic mass is 79.9. The zero-order chi connectivity index (χ0) is 21.7. The fourth-order valence-electron chi connectivity index (χ4n) is 3.31. The summed E-state index contributed by atoms with van der Waals surface area (Å²) in [4.78, 5) is 12.8. The molecule has 1 amide bonds. The van der Waals surface area contributed by atoms with E-state index >= 15 is 0 Å². The van der Waals surface area contributed by atoms with Gasteiger partial charge in [0.2, 0.25) is 0 Å². The van der Waals surface area contributed by atoms with Crippen molar-refractivity contribution in [2.75, 3.05) is 13.7 Å². The Labute approximate surface area is 185 Å². The highest BCUT2D eigenvalue weighted by Crippen LogP contribution is 2.36. The fraction of sp³-hybridized carbons (Fsp3) is 0.304. The molecule has 0 unspecified atom stereocenters. The van der Waals surface area contributed by atoms with Gasteiger partial charge in [0.15, 0.2) is 11.5 Å². The van der Waals surface area contributed by atoms with Crippen LogP contribution in [0.2, 0.25) is 0 Å². The predicted molar refractivity (Wildman–Crippen MR) is 120 cm³/mol. The van der Waals surface area contributed by atoms with E-state index in [0.29, 0.717) is 41.2 Å². The van der Waals surface area contributed by atoms with Crippen molar-refractivity contribution < 1.29 is 14.3 Å². The Morgan fingerprint density at radius 2 is 1.93 bits per heavy atom. The van der Waals surface area contributed by atoms with E-state index in [4.69, 9.17) is 9.47 Å². The first-order valence-corrected chi connectivity index (χ1v) is 10.6. The van der Waals surface area contributed by atoms with Gasteiger partial charge in [-0.25, -0.2) is 0 Å². The van der Waals surface area contributed by atoms with Crippen LogP contribution in [-0.4, -0.2) is 29.4 Å². The summed E-state index contributed by atoms with van der Waals surface area (Å²) in [5.74, 6) is 0.913. The lowest BCUT2D eigenvalue weighted by Gasteiger charge is -2.13. The number of nitrogens with zero attached hydrogens (tertiary/aromatic N) is 2. The molecule has 0 spiro atoms. The Morgan fingerprint density at radius 3 is 2.60 bits per heavy atom. The molecule has 1 aromatic heterocycles. The Morgan fingerprint density at radius 1 is 1.20 bits per heavy atom. The highest BCUT2D eigenvalue weighted by Gasteiger charge is 2.17. The summed E-state index contributed by atoms with van der Waals surface area (Å²) in [5.41, 5.74) is 4.66. The number of hydrogen-bond acceptors (Lipinski definition) is 4. The van der Waals surface area contributed by atoms with Crippen LogP contribution in [0.5, 0.6) is 11.5 Å². The van der Waals surface area contributed by atoms with E-state index in [1.54, 1.807) is 19.2 Å². The molecule has 3 aromatic rings. The first-order chi connectivity index (χ1) is 14.4. The van der Waals surface area contributed by atoms with Gasteiger partial charge in [0.25, 0.3) is 5.91 Å². The maximum absolute atomic E-state index is 12.8. The van der Waals surface area contributed by atoms with Crippen LogP contribution in [0.1, 0.15) is 39.8 Å². The molecule has 158 valence electrons. The minimum atomic E-state index is -0.188. The molecule has 0 saturated carbocycles. The van der Waals surface area contributed by atoms with Gasteiger partial charge >= 0.3 is 0 Å². The number of aryl methyl sites for hydroxylation is 1. The summed E-state index contributed by atoms with van der Waals surface area (Å²) in [6.45, 7) is 7.50. The van der Waals surface area contributed by atoms with E-state index in [0.717, 1.165) is 17.0 Å². The van der Waals surface area contributed by atoms with Crippen LogP contribution >= 0.6 is 15.9 Å². The molecule has 1 N–H and O–H groups in total. The maximum Gasteiger partial charge on any atom is 0.251 e. The van der Waals surface area contributed by atoms with Crippen molar-refractivity contribution in [2.24, 2.45) is 0 Å². The number of carbonyl (C=O) groups is 1. The van der Waals surface area contributed by atoms with Crippen molar-refractivity contribution in [1.29, 1.82) is 0 Å². The van der Waals surface area contributed by atoms with Crippen LogP contribution < -0.4 is 14.8 Å². The number of methoxy groups -OCH3 is 1. The molecule has 0 aliphatic rings. The molecule has 0 aliphatic carbocycles. The number of nitrogens with one attached hydrogen (secondary N) is 1.